The maximum atomic E-state index is 12.5. The molecule has 0 saturated carbocycles. The molecule has 0 unspecified atom stereocenters. The van der Waals surface area contributed by atoms with Gasteiger partial charge in [0.2, 0.25) is 0 Å². The number of ketones is 1. The fourth-order valence-electron chi connectivity index (χ4n) is 0.930. The zero-order valence-corrected chi connectivity index (χ0v) is 9.09. The van der Waals surface area contributed by atoms with E-state index < -0.39 is 18.7 Å². The minimum Gasteiger partial charge on any atom is -0.485 e. The standard InChI is InChI=1S/C10H8F5NO2/c1-6(17)8-3-2-7(4-16-8)18-5-9(11,12)10(13,14)15/h2-4H,5H2,1H3. The Morgan fingerprint density at radius 1 is 1.28 bits per heavy atom. The Balaban J connectivity index is 2.67. The number of aromatic nitrogens is 1. The van der Waals surface area contributed by atoms with Crippen molar-refractivity contribution in [1.82, 2.24) is 4.98 Å². The zero-order chi connectivity index (χ0) is 14.0. The number of alkyl halides is 5. The average Bonchev–Trinajstić information content (AvgIpc) is 2.25. The molecule has 1 aromatic rings. The number of halogens is 5. The number of carbonyl (C=O) groups excluding carboxylic acids is 1. The molecule has 3 nitrogen and oxygen atoms in total. The van der Waals surface area contributed by atoms with Crippen molar-refractivity contribution < 1.29 is 31.5 Å². The summed E-state index contributed by atoms with van der Waals surface area (Å²) in [6, 6.07) is 2.26. The van der Waals surface area contributed by atoms with E-state index in [4.69, 9.17) is 0 Å². The summed E-state index contributed by atoms with van der Waals surface area (Å²) in [7, 11) is 0. The monoisotopic (exact) mass is 269 g/mol. The van der Waals surface area contributed by atoms with Crippen molar-refractivity contribution in [2.24, 2.45) is 0 Å². The molecule has 0 spiro atoms. The van der Waals surface area contributed by atoms with Gasteiger partial charge in [0, 0.05) is 6.92 Å². The van der Waals surface area contributed by atoms with E-state index in [9.17, 15) is 26.7 Å². The van der Waals surface area contributed by atoms with Crippen molar-refractivity contribution in [3.05, 3.63) is 24.0 Å². The molecule has 0 atom stereocenters. The highest BCUT2D eigenvalue weighted by Crippen LogP contribution is 2.35. The van der Waals surface area contributed by atoms with E-state index in [0.717, 1.165) is 12.3 Å². The van der Waals surface area contributed by atoms with Gasteiger partial charge in [-0.25, -0.2) is 4.98 Å². The van der Waals surface area contributed by atoms with E-state index in [1.54, 1.807) is 0 Å². The fourth-order valence-corrected chi connectivity index (χ4v) is 0.930. The molecule has 0 N–H and O–H groups in total. The van der Waals surface area contributed by atoms with E-state index in [1.807, 2.05) is 0 Å². The van der Waals surface area contributed by atoms with Crippen LogP contribution in [0.15, 0.2) is 18.3 Å². The Morgan fingerprint density at radius 3 is 2.28 bits per heavy atom. The molecule has 1 heterocycles. The Kier molecular flexibility index (Phi) is 3.88. The molecular weight excluding hydrogens is 261 g/mol. The first-order valence-corrected chi connectivity index (χ1v) is 4.68. The van der Waals surface area contributed by atoms with Crippen LogP contribution >= 0.6 is 0 Å². The number of hydrogen-bond donors (Lipinski definition) is 0. The summed E-state index contributed by atoms with van der Waals surface area (Å²) in [6.45, 7) is -0.599. The van der Waals surface area contributed by atoms with Crippen LogP contribution in [0.3, 0.4) is 0 Å². The number of carbonyl (C=O) groups is 1. The van der Waals surface area contributed by atoms with E-state index in [0.29, 0.717) is 0 Å². The number of nitrogens with zero attached hydrogens (tertiary/aromatic N) is 1. The topological polar surface area (TPSA) is 39.2 Å². The molecule has 8 heteroatoms. The van der Waals surface area contributed by atoms with Crippen LogP contribution in [0.2, 0.25) is 0 Å². The van der Waals surface area contributed by atoms with Crippen LogP contribution in [0, 0.1) is 0 Å². The second kappa shape index (κ2) is 4.87. The first-order chi connectivity index (χ1) is 8.13. The third-order valence-corrected chi connectivity index (χ3v) is 1.93. The third-order valence-electron chi connectivity index (χ3n) is 1.93. The largest absolute Gasteiger partial charge is 0.485 e. The molecule has 0 aliphatic heterocycles. The lowest BCUT2D eigenvalue weighted by atomic mass is 10.3. The SMILES string of the molecule is CC(=O)c1ccc(OCC(F)(F)C(F)(F)F)cn1. The van der Waals surface area contributed by atoms with Crippen molar-refractivity contribution in [3.8, 4) is 5.75 Å². The molecule has 0 amide bonds. The summed E-state index contributed by atoms with van der Waals surface area (Å²) < 4.78 is 64.7. The minimum atomic E-state index is -5.67. The van der Waals surface area contributed by atoms with Crippen molar-refractivity contribution in [2.75, 3.05) is 6.61 Å². The van der Waals surface area contributed by atoms with Gasteiger partial charge in [-0.15, -0.1) is 0 Å². The summed E-state index contributed by atoms with van der Waals surface area (Å²) in [5.41, 5.74) is 0.0601. The Morgan fingerprint density at radius 2 is 1.89 bits per heavy atom. The predicted octanol–water partition coefficient (Wildman–Crippen LogP) is 2.86. The van der Waals surface area contributed by atoms with E-state index in [2.05, 4.69) is 9.72 Å². The van der Waals surface area contributed by atoms with Crippen molar-refractivity contribution in [2.45, 2.75) is 19.0 Å². The molecule has 0 aromatic carbocycles. The molecule has 0 bridgehead atoms. The van der Waals surface area contributed by atoms with Gasteiger partial charge < -0.3 is 4.74 Å². The quantitative estimate of drug-likeness (QED) is 0.623. The molecule has 1 aromatic heterocycles. The van der Waals surface area contributed by atoms with Crippen LogP contribution in [0.5, 0.6) is 5.75 Å². The summed E-state index contributed by atoms with van der Waals surface area (Å²) in [6.07, 6.45) is -4.76. The van der Waals surface area contributed by atoms with Crippen molar-refractivity contribution in [3.63, 3.8) is 0 Å². The lowest BCUT2D eigenvalue weighted by Gasteiger charge is -2.19. The van der Waals surface area contributed by atoms with Crippen molar-refractivity contribution in [1.29, 1.82) is 0 Å². The molecule has 18 heavy (non-hydrogen) atoms. The maximum Gasteiger partial charge on any atom is 0.456 e. The first kappa shape index (κ1) is 14.3. The van der Waals surface area contributed by atoms with Crippen molar-refractivity contribution >= 4 is 5.78 Å². The number of Topliss-reactive ketones (excluding diaryl/α,β-unsaturated/α-hetero) is 1. The van der Waals surface area contributed by atoms with Crippen LogP contribution < -0.4 is 4.74 Å². The molecular formula is C10H8F5NO2. The normalized spacial score (nSPS) is 12.3. The summed E-state index contributed by atoms with van der Waals surface area (Å²) >= 11 is 0. The third kappa shape index (κ3) is 3.38. The summed E-state index contributed by atoms with van der Waals surface area (Å²) in [5, 5.41) is 0. The molecule has 0 aliphatic carbocycles. The summed E-state index contributed by atoms with van der Waals surface area (Å²) in [4.78, 5) is 14.4. The molecule has 0 fully saturated rings. The van der Waals surface area contributed by atoms with Crippen LogP contribution in [-0.4, -0.2) is 29.5 Å². The lowest BCUT2D eigenvalue weighted by Crippen LogP contribution is -2.41. The number of hydrogen-bond acceptors (Lipinski definition) is 3. The molecule has 0 saturated heterocycles. The average molecular weight is 269 g/mol. The Labute approximate surface area is 98.6 Å². The fraction of sp³-hybridized carbons (Fsp3) is 0.400. The molecule has 100 valence electrons. The van der Waals surface area contributed by atoms with E-state index in [1.165, 1.54) is 13.0 Å². The highest BCUT2D eigenvalue weighted by molar-refractivity contribution is 5.92. The minimum absolute atomic E-state index is 0.0601. The number of rotatable bonds is 4. The highest BCUT2D eigenvalue weighted by atomic mass is 19.4. The highest BCUT2D eigenvalue weighted by Gasteiger charge is 2.58. The van der Waals surface area contributed by atoms with Gasteiger partial charge in [0.05, 0.1) is 6.20 Å². The predicted molar refractivity (Wildman–Crippen MR) is 50.7 cm³/mol. The Hall–Kier alpha value is -1.73. The second-order valence-corrected chi connectivity index (χ2v) is 3.43. The maximum absolute atomic E-state index is 12.5. The zero-order valence-electron chi connectivity index (χ0n) is 9.09. The molecule has 0 radical (unpaired) electrons. The second-order valence-electron chi connectivity index (χ2n) is 3.43. The van der Waals surface area contributed by atoms with Gasteiger partial charge in [-0.2, -0.15) is 22.0 Å². The van der Waals surface area contributed by atoms with Gasteiger partial charge in [-0.05, 0) is 12.1 Å². The number of ether oxygens (including phenoxy) is 1. The van der Waals surface area contributed by atoms with Gasteiger partial charge >= 0.3 is 12.1 Å². The van der Waals surface area contributed by atoms with Gasteiger partial charge in [0.25, 0.3) is 0 Å². The van der Waals surface area contributed by atoms with Gasteiger partial charge in [0.1, 0.15) is 11.4 Å². The summed E-state index contributed by atoms with van der Waals surface area (Å²) in [5.74, 6) is -5.57. The first-order valence-electron chi connectivity index (χ1n) is 4.68. The van der Waals surface area contributed by atoms with E-state index in [-0.39, 0.29) is 17.2 Å². The molecule has 1 rings (SSSR count). The van der Waals surface area contributed by atoms with E-state index >= 15 is 0 Å². The van der Waals surface area contributed by atoms with Crippen LogP contribution in [0.4, 0.5) is 22.0 Å². The molecule has 0 aliphatic rings. The van der Waals surface area contributed by atoms with Crippen LogP contribution in [0.25, 0.3) is 0 Å². The van der Waals surface area contributed by atoms with Gasteiger partial charge in [0.15, 0.2) is 12.4 Å². The lowest BCUT2D eigenvalue weighted by molar-refractivity contribution is -0.290. The van der Waals surface area contributed by atoms with Crippen LogP contribution in [-0.2, 0) is 0 Å². The smallest absolute Gasteiger partial charge is 0.456 e. The Bertz CT molecular complexity index is 427. The number of pyridine rings is 1. The van der Waals surface area contributed by atoms with Gasteiger partial charge in [-0.1, -0.05) is 0 Å². The van der Waals surface area contributed by atoms with Crippen LogP contribution in [0.1, 0.15) is 17.4 Å². The van der Waals surface area contributed by atoms with Gasteiger partial charge in [-0.3, -0.25) is 4.79 Å².